The monoisotopic (exact) mass is 294 g/mol. The predicted octanol–water partition coefficient (Wildman–Crippen LogP) is 2.37. The van der Waals surface area contributed by atoms with Crippen molar-refractivity contribution in [1.82, 2.24) is 20.4 Å². The van der Waals surface area contributed by atoms with Gasteiger partial charge in [-0.25, -0.2) is 0 Å². The smallest absolute Gasteiger partial charge is 0.273 e. The van der Waals surface area contributed by atoms with Crippen molar-refractivity contribution in [3.05, 3.63) is 65.9 Å². The van der Waals surface area contributed by atoms with Crippen molar-refractivity contribution in [2.75, 3.05) is 0 Å². The first-order valence-corrected chi connectivity index (χ1v) is 6.80. The van der Waals surface area contributed by atoms with Crippen LogP contribution < -0.4 is 5.32 Å². The molecule has 0 aliphatic carbocycles. The van der Waals surface area contributed by atoms with Crippen molar-refractivity contribution >= 4 is 5.91 Å². The van der Waals surface area contributed by atoms with E-state index in [9.17, 15) is 4.79 Å². The molecule has 1 N–H and O–H groups in total. The molecule has 110 valence electrons. The van der Waals surface area contributed by atoms with Crippen LogP contribution in [0.3, 0.4) is 0 Å². The summed E-state index contributed by atoms with van der Waals surface area (Å²) in [7, 11) is 0. The van der Waals surface area contributed by atoms with Gasteiger partial charge in [0.05, 0.1) is 5.69 Å². The van der Waals surface area contributed by atoms with E-state index in [1.165, 1.54) is 0 Å². The fraction of sp³-hybridized carbons (Fsp3) is 0.125. The van der Waals surface area contributed by atoms with Crippen LogP contribution in [0.2, 0.25) is 0 Å². The summed E-state index contributed by atoms with van der Waals surface area (Å²) in [5.41, 5.74) is 2.88. The third-order valence-electron chi connectivity index (χ3n) is 3.13. The molecule has 3 aromatic rings. The van der Waals surface area contributed by atoms with Crippen molar-refractivity contribution in [3.8, 4) is 11.3 Å². The molecule has 0 unspecified atom stereocenters. The maximum absolute atomic E-state index is 12.0. The first-order chi connectivity index (χ1) is 10.7. The topological polar surface area (TPSA) is 80.9 Å². The second-order valence-corrected chi connectivity index (χ2v) is 4.76. The van der Waals surface area contributed by atoms with Crippen LogP contribution in [0.5, 0.6) is 0 Å². The third kappa shape index (κ3) is 3.01. The molecule has 0 aliphatic heterocycles. The van der Waals surface area contributed by atoms with Crippen LogP contribution in [-0.2, 0) is 6.54 Å². The van der Waals surface area contributed by atoms with Gasteiger partial charge in [-0.15, -0.1) is 0 Å². The molecule has 1 amide bonds. The van der Waals surface area contributed by atoms with E-state index >= 15 is 0 Å². The van der Waals surface area contributed by atoms with Gasteiger partial charge in [0.25, 0.3) is 5.91 Å². The van der Waals surface area contributed by atoms with Crippen molar-refractivity contribution < 1.29 is 9.32 Å². The average Bonchev–Trinajstić information content (AvgIpc) is 3.00. The van der Waals surface area contributed by atoms with Crippen LogP contribution in [0.4, 0.5) is 0 Å². The van der Waals surface area contributed by atoms with Crippen molar-refractivity contribution in [2.24, 2.45) is 0 Å². The minimum Gasteiger partial charge on any atom is -0.361 e. The van der Waals surface area contributed by atoms with Crippen molar-refractivity contribution in [2.45, 2.75) is 13.5 Å². The summed E-state index contributed by atoms with van der Waals surface area (Å²) in [5.74, 6) is 0.320. The van der Waals surface area contributed by atoms with Gasteiger partial charge in [0.15, 0.2) is 5.69 Å². The van der Waals surface area contributed by atoms with E-state index < -0.39 is 0 Å². The van der Waals surface area contributed by atoms with Crippen LogP contribution in [0.1, 0.15) is 21.8 Å². The van der Waals surface area contributed by atoms with Gasteiger partial charge in [0, 0.05) is 36.8 Å². The number of nitrogens with one attached hydrogen (secondary N) is 1. The van der Waals surface area contributed by atoms with E-state index in [2.05, 4.69) is 20.4 Å². The Hall–Kier alpha value is -3.02. The molecule has 0 atom stereocenters. The molecule has 0 saturated heterocycles. The molecule has 0 spiro atoms. The average molecular weight is 294 g/mol. The fourth-order valence-electron chi connectivity index (χ4n) is 2.08. The van der Waals surface area contributed by atoms with E-state index in [-0.39, 0.29) is 11.6 Å². The lowest BCUT2D eigenvalue weighted by molar-refractivity contribution is 0.0942. The summed E-state index contributed by atoms with van der Waals surface area (Å²) in [4.78, 5) is 20.5. The Labute approximate surface area is 127 Å². The number of aromatic nitrogens is 3. The normalized spacial score (nSPS) is 10.4. The van der Waals surface area contributed by atoms with Gasteiger partial charge in [0.2, 0.25) is 0 Å². The first kappa shape index (κ1) is 13.9. The van der Waals surface area contributed by atoms with Crippen LogP contribution in [-0.4, -0.2) is 21.0 Å². The molecule has 0 radical (unpaired) electrons. The van der Waals surface area contributed by atoms with Gasteiger partial charge in [-0.3, -0.25) is 14.8 Å². The minimum absolute atomic E-state index is 0.268. The summed E-state index contributed by atoms with van der Waals surface area (Å²) in [6, 6.07) is 9.14. The van der Waals surface area contributed by atoms with Crippen molar-refractivity contribution in [3.63, 3.8) is 0 Å². The highest BCUT2D eigenvalue weighted by molar-refractivity contribution is 5.92. The Morgan fingerprint density at radius 3 is 2.86 bits per heavy atom. The first-order valence-electron chi connectivity index (χ1n) is 6.80. The molecule has 3 aromatic heterocycles. The second-order valence-electron chi connectivity index (χ2n) is 4.76. The summed E-state index contributed by atoms with van der Waals surface area (Å²) in [5, 5.41) is 6.51. The molecule has 3 rings (SSSR count). The third-order valence-corrected chi connectivity index (χ3v) is 3.13. The zero-order valence-corrected chi connectivity index (χ0v) is 12.0. The maximum atomic E-state index is 12.0. The van der Waals surface area contributed by atoms with E-state index in [0.717, 1.165) is 16.8 Å². The van der Waals surface area contributed by atoms with Gasteiger partial charge < -0.3 is 9.84 Å². The summed E-state index contributed by atoms with van der Waals surface area (Å²) < 4.78 is 4.90. The van der Waals surface area contributed by atoms with Gasteiger partial charge in [0.1, 0.15) is 5.76 Å². The molecule has 0 fully saturated rings. The summed E-state index contributed by atoms with van der Waals surface area (Å²) in [6.45, 7) is 2.09. The molecule has 3 heterocycles. The summed E-state index contributed by atoms with van der Waals surface area (Å²) >= 11 is 0. The zero-order valence-electron chi connectivity index (χ0n) is 12.0. The Balaban J connectivity index is 1.77. The van der Waals surface area contributed by atoms with Crippen LogP contribution in [0, 0.1) is 6.92 Å². The van der Waals surface area contributed by atoms with Crippen LogP contribution >= 0.6 is 0 Å². The predicted molar refractivity (Wildman–Crippen MR) is 79.9 cm³/mol. The quantitative estimate of drug-likeness (QED) is 0.799. The van der Waals surface area contributed by atoms with E-state index in [0.29, 0.717) is 12.3 Å². The van der Waals surface area contributed by atoms with Crippen LogP contribution in [0.15, 0.2) is 53.4 Å². The lowest BCUT2D eigenvalue weighted by Gasteiger charge is -2.08. The zero-order chi connectivity index (χ0) is 15.4. The van der Waals surface area contributed by atoms with Gasteiger partial charge in [-0.05, 0) is 30.7 Å². The van der Waals surface area contributed by atoms with Crippen LogP contribution in [0.25, 0.3) is 11.3 Å². The molecule has 0 aromatic carbocycles. The number of pyridine rings is 2. The number of nitrogens with zero attached hydrogens (tertiary/aromatic N) is 3. The second kappa shape index (κ2) is 6.17. The molecular formula is C16H14N4O2. The Morgan fingerprint density at radius 1 is 1.27 bits per heavy atom. The number of hydrogen-bond acceptors (Lipinski definition) is 5. The van der Waals surface area contributed by atoms with Crippen molar-refractivity contribution in [1.29, 1.82) is 0 Å². The fourth-order valence-corrected chi connectivity index (χ4v) is 2.08. The number of amides is 1. The molecule has 22 heavy (non-hydrogen) atoms. The molecule has 6 heteroatoms. The Kier molecular flexibility index (Phi) is 3.91. The maximum Gasteiger partial charge on any atom is 0.273 e. The van der Waals surface area contributed by atoms with Gasteiger partial charge >= 0.3 is 0 Å². The number of rotatable bonds is 4. The highest BCUT2D eigenvalue weighted by atomic mass is 16.5. The standard InChI is InChI=1S/C16H14N4O2/c1-11-8-14(20-22-11)16(21)19-10-13-5-3-7-18-15(13)12-4-2-6-17-9-12/h2-9H,10H2,1H3,(H,19,21). The number of hydrogen-bond donors (Lipinski definition) is 1. The van der Waals surface area contributed by atoms with Gasteiger partial charge in [-0.2, -0.15) is 0 Å². The van der Waals surface area contributed by atoms with E-state index in [4.69, 9.17) is 4.52 Å². The molecule has 0 aliphatic rings. The van der Waals surface area contributed by atoms with E-state index in [1.807, 2.05) is 24.3 Å². The number of aryl methyl sites for hydroxylation is 1. The SMILES string of the molecule is Cc1cc(C(=O)NCc2cccnc2-c2cccnc2)no1. The Bertz CT molecular complexity index is 784. The molecule has 6 nitrogen and oxygen atoms in total. The number of carbonyl (C=O) groups excluding carboxylic acids is 1. The highest BCUT2D eigenvalue weighted by Gasteiger charge is 2.12. The van der Waals surface area contributed by atoms with E-state index in [1.54, 1.807) is 31.6 Å². The lowest BCUT2D eigenvalue weighted by Crippen LogP contribution is -2.23. The largest absolute Gasteiger partial charge is 0.361 e. The molecular weight excluding hydrogens is 280 g/mol. The number of carbonyl (C=O) groups is 1. The van der Waals surface area contributed by atoms with Gasteiger partial charge in [-0.1, -0.05) is 11.2 Å². The Morgan fingerprint density at radius 2 is 2.14 bits per heavy atom. The molecule has 0 bridgehead atoms. The molecule has 0 saturated carbocycles. The summed E-state index contributed by atoms with van der Waals surface area (Å²) in [6.07, 6.45) is 5.17. The highest BCUT2D eigenvalue weighted by Crippen LogP contribution is 2.19. The minimum atomic E-state index is -0.280. The lowest BCUT2D eigenvalue weighted by atomic mass is 10.1.